The van der Waals surface area contributed by atoms with Crippen molar-refractivity contribution in [1.29, 1.82) is 0 Å². The lowest BCUT2D eigenvalue weighted by Crippen LogP contribution is -2.26. The first-order chi connectivity index (χ1) is 9.29. The quantitative estimate of drug-likeness (QED) is 0.713. The van der Waals surface area contributed by atoms with E-state index in [0.29, 0.717) is 0 Å². The number of pyridine rings is 1. The van der Waals surface area contributed by atoms with E-state index in [1.54, 1.807) is 12.4 Å². The van der Waals surface area contributed by atoms with Crippen LogP contribution in [0.1, 0.15) is 45.7 Å². The second-order valence-corrected chi connectivity index (χ2v) is 5.49. The molecule has 2 rings (SSSR count). The summed E-state index contributed by atoms with van der Waals surface area (Å²) in [4.78, 5) is 16.5. The van der Waals surface area contributed by atoms with Crippen LogP contribution in [0.3, 0.4) is 0 Å². The summed E-state index contributed by atoms with van der Waals surface area (Å²) in [7, 11) is 0. The molecule has 0 aliphatic rings. The Bertz CT molecular complexity index is 607. The van der Waals surface area contributed by atoms with Gasteiger partial charge in [-0.15, -0.1) is 0 Å². The number of aryl methyl sites for hydroxylation is 2. The van der Waals surface area contributed by atoms with E-state index >= 15 is 0 Å². The monoisotopic (exact) mass is 276 g/mol. The van der Waals surface area contributed by atoms with Crippen LogP contribution in [-0.4, -0.2) is 21.2 Å². The number of nitrogens with zero attached hydrogens (tertiary/aromatic N) is 2. The SMILES string of the molecule is CC.Cc1cn(C(=O)OC(C)(C)C)c2c(C)ccnc12. The number of aromatic nitrogens is 2. The predicted molar refractivity (Wildman–Crippen MR) is 82.2 cm³/mol. The van der Waals surface area contributed by atoms with Crippen molar-refractivity contribution in [1.82, 2.24) is 9.55 Å². The van der Waals surface area contributed by atoms with Crippen LogP contribution < -0.4 is 0 Å². The summed E-state index contributed by atoms with van der Waals surface area (Å²) in [5.74, 6) is 0. The lowest BCUT2D eigenvalue weighted by molar-refractivity contribution is 0.0544. The van der Waals surface area contributed by atoms with Crippen LogP contribution in [0.15, 0.2) is 18.5 Å². The molecule has 0 saturated heterocycles. The van der Waals surface area contributed by atoms with Crippen molar-refractivity contribution in [3.05, 3.63) is 29.6 Å². The summed E-state index contributed by atoms with van der Waals surface area (Å²) in [6.07, 6.45) is 3.17. The average molecular weight is 276 g/mol. The van der Waals surface area contributed by atoms with Crippen LogP contribution in [-0.2, 0) is 4.74 Å². The highest BCUT2D eigenvalue weighted by Crippen LogP contribution is 2.22. The molecule has 0 fully saturated rings. The van der Waals surface area contributed by atoms with E-state index < -0.39 is 5.60 Å². The predicted octanol–water partition coefficient (Wildman–Crippen LogP) is 4.46. The van der Waals surface area contributed by atoms with Crippen molar-refractivity contribution >= 4 is 17.1 Å². The van der Waals surface area contributed by atoms with E-state index in [1.165, 1.54) is 4.57 Å². The first-order valence-corrected chi connectivity index (χ1v) is 6.96. The summed E-state index contributed by atoms with van der Waals surface area (Å²) in [5.41, 5.74) is 3.15. The molecule has 2 aromatic heterocycles. The Balaban J connectivity index is 0.000000956. The molecule has 2 heterocycles. The van der Waals surface area contributed by atoms with Crippen LogP contribution in [0.25, 0.3) is 11.0 Å². The van der Waals surface area contributed by atoms with Crippen molar-refractivity contribution < 1.29 is 9.53 Å². The van der Waals surface area contributed by atoms with Crippen molar-refractivity contribution in [2.75, 3.05) is 0 Å². The molecule has 20 heavy (non-hydrogen) atoms. The van der Waals surface area contributed by atoms with E-state index in [4.69, 9.17) is 4.74 Å². The maximum atomic E-state index is 12.2. The maximum Gasteiger partial charge on any atom is 0.419 e. The third kappa shape index (κ3) is 3.38. The molecule has 0 amide bonds. The maximum absolute atomic E-state index is 12.2. The molecule has 0 spiro atoms. The minimum atomic E-state index is -0.502. The Morgan fingerprint density at radius 3 is 2.35 bits per heavy atom. The second kappa shape index (κ2) is 6.07. The first kappa shape index (κ1) is 16.2. The molecule has 0 bridgehead atoms. The fourth-order valence-corrected chi connectivity index (χ4v) is 1.92. The fraction of sp³-hybridized carbons (Fsp3) is 0.500. The van der Waals surface area contributed by atoms with Crippen LogP contribution in [0, 0.1) is 13.8 Å². The minimum absolute atomic E-state index is 0.364. The second-order valence-electron chi connectivity index (χ2n) is 5.49. The van der Waals surface area contributed by atoms with E-state index in [9.17, 15) is 4.79 Å². The van der Waals surface area contributed by atoms with Gasteiger partial charge in [0.15, 0.2) is 0 Å². The van der Waals surface area contributed by atoms with Crippen molar-refractivity contribution in [2.45, 2.75) is 54.1 Å². The van der Waals surface area contributed by atoms with Crippen LogP contribution in [0.5, 0.6) is 0 Å². The molecule has 4 nitrogen and oxygen atoms in total. The molecule has 0 aliphatic heterocycles. The van der Waals surface area contributed by atoms with Crippen LogP contribution in [0.4, 0.5) is 4.79 Å². The number of carbonyl (C=O) groups excluding carboxylic acids is 1. The zero-order valence-corrected chi connectivity index (χ0v) is 13.4. The molecule has 0 saturated carbocycles. The van der Waals surface area contributed by atoms with E-state index in [0.717, 1.165) is 22.2 Å². The molecule has 2 aromatic rings. The lowest BCUT2D eigenvalue weighted by atomic mass is 10.2. The Morgan fingerprint density at radius 2 is 1.80 bits per heavy atom. The standard InChI is InChI=1S/C14H18N2O2.C2H6/c1-9-6-7-15-11-10(2)8-16(12(9)11)13(17)18-14(3,4)5;1-2/h6-8H,1-5H3;1-2H3. The lowest BCUT2D eigenvalue weighted by Gasteiger charge is -2.20. The fourth-order valence-electron chi connectivity index (χ4n) is 1.92. The highest BCUT2D eigenvalue weighted by Gasteiger charge is 2.21. The average Bonchev–Trinajstić information content (AvgIpc) is 2.69. The Labute approximate surface area is 120 Å². The highest BCUT2D eigenvalue weighted by molar-refractivity contribution is 5.91. The van der Waals surface area contributed by atoms with Gasteiger partial charge in [-0.1, -0.05) is 13.8 Å². The highest BCUT2D eigenvalue weighted by atomic mass is 16.6. The molecule has 0 unspecified atom stereocenters. The molecule has 0 aliphatic carbocycles. The molecular weight excluding hydrogens is 252 g/mol. The summed E-state index contributed by atoms with van der Waals surface area (Å²) in [6.45, 7) is 13.5. The number of rotatable bonds is 0. The molecule has 0 atom stereocenters. The van der Waals surface area contributed by atoms with E-state index in [2.05, 4.69) is 4.98 Å². The summed E-state index contributed by atoms with van der Waals surface area (Å²) in [6, 6.07) is 1.89. The van der Waals surface area contributed by atoms with Gasteiger partial charge >= 0.3 is 6.09 Å². The summed E-state index contributed by atoms with van der Waals surface area (Å²) >= 11 is 0. The topological polar surface area (TPSA) is 44.1 Å². The molecule has 110 valence electrons. The van der Waals surface area contributed by atoms with Crippen molar-refractivity contribution in [2.24, 2.45) is 0 Å². The molecule has 0 radical (unpaired) electrons. The number of carbonyl (C=O) groups is 1. The largest absolute Gasteiger partial charge is 0.443 e. The first-order valence-electron chi connectivity index (χ1n) is 6.96. The zero-order chi connectivity index (χ0) is 15.5. The van der Waals surface area contributed by atoms with E-state index in [1.807, 2.05) is 54.5 Å². The number of hydrogen-bond acceptors (Lipinski definition) is 3. The molecular formula is C16H24N2O2. The smallest absolute Gasteiger partial charge is 0.419 e. The number of hydrogen-bond donors (Lipinski definition) is 0. The van der Waals surface area contributed by atoms with Crippen molar-refractivity contribution in [3.8, 4) is 0 Å². The number of fused-ring (bicyclic) bond motifs is 1. The summed E-state index contributed by atoms with van der Waals surface area (Å²) < 4.78 is 6.94. The minimum Gasteiger partial charge on any atom is -0.443 e. The number of ether oxygens (including phenoxy) is 1. The van der Waals surface area contributed by atoms with Gasteiger partial charge in [-0.3, -0.25) is 9.55 Å². The Hall–Kier alpha value is -1.84. The van der Waals surface area contributed by atoms with Gasteiger partial charge in [-0.2, -0.15) is 0 Å². The van der Waals surface area contributed by atoms with Crippen LogP contribution in [0.2, 0.25) is 0 Å². The normalized spacial score (nSPS) is 10.9. The van der Waals surface area contributed by atoms with Gasteiger partial charge in [0.25, 0.3) is 0 Å². The van der Waals surface area contributed by atoms with Gasteiger partial charge in [0.2, 0.25) is 0 Å². The van der Waals surface area contributed by atoms with E-state index in [-0.39, 0.29) is 6.09 Å². The Morgan fingerprint density at radius 1 is 1.20 bits per heavy atom. The van der Waals surface area contributed by atoms with Gasteiger partial charge < -0.3 is 4.74 Å². The van der Waals surface area contributed by atoms with Gasteiger partial charge in [-0.05, 0) is 51.8 Å². The van der Waals surface area contributed by atoms with Gasteiger partial charge in [-0.25, -0.2) is 4.79 Å². The zero-order valence-electron chi connectivity index (χ0n) is 13.4. The van der Waals surface area contributed by atoms with Crippen LogP contribution >= 0.6 is 0 Å². The van der Waals surface area contributed by atoms with Gasteiger partial charge in [0, 0.05) is 12.4 Å². The Kier molecular flexibility index (Phi) is 4.93. The third-order valence-corrected chi connectivity index (χ3v) is 2.65. The molecule has 0 N–H and O–H groups in total. The molecule has 4 heteroatoms. The van der Waals surface area contributed by atoms with Crippen molar-refractivity contribution in [3.63, 3.8) is 0 Å². The van der Waals surface area contributed by atoms with Gasteiger partial charge in [0.1, 0.15) is 5.60 Å². The summed E-state index contributed by atoms with van der Waals surface area (Å²) in [5, 5.41) is 0. The molecule has 0 aromatic carbocycles. The third-order valence-electron chi connectivity index (χ3n) is 2.65. The van der Waals surface area contributed by atoms with Gasteiger partial charge in [0.05, 0.1) is 11.0 Å².